The molecule has 1 N–H and O–H groups in total. The molecule has 0 saturated heterocycles. The highest BCUT2D eigenvalue weighted by molar-refractivity contribution is 5.98. The third-order valence-electron chi connectivity index (χ3n) is 8.01. The van der Waals surface area contributed by atoms with E-state index in [1.807, 2.05) is 15.5 Å². The van der Waals surface area contributed by atoms with Crippen molar-refractivity contribution in [1.82, 2.24) is 34.6 Å². The molecule has 3 aromatic heterocycles. The molecule has 1 aliphatic carbocycles. The van der Waals surface area contributed by atoms with E-state index in [4.69, 9.17) is 9.72 Å². The summed E-state index contributed by atoms with van der Waals surface area (Å²) >= 11 is 0. The van der Waals surface area contributed by atoms with Crippen LogP contribution in [0.25, 0.3) is 33.9 Å². The van der Waals surface area contributed by atoms with Crippen molar-refractivity contribution in [2.75, 3.05) is 7.11 Å². The third kappa shape index (κ3) is 4.04. The SMILES string of the molecule is CO[C@@H]1C[C@H](N2Cc3ccc(F)cc3C2=O)C[C@H](n2c(-c3ccccc3F)nc3cnc(-c4ncn[nH]4)cc32)C1. The number of nitrogens with zero attached hydrogens (tertiary/aromatic N) is 6. The maximum atomic E-state index is 15.2. The van der Waals surface area contributed by atoms with Crippen LogP contribution < -0.4 is 0 Å². The number of rotatable bonds is 5. The monoisotopic (exact) mass is 541 g/mol. The van der Waals surface area contributed by atoms with E-state index < -0.39 is 5.82 Å². The van der Waals surface area contributed by atoms with Crippen molar-refractivity contribution in [3.8, 4) is 22.9 Å². The molecular formula is C29H25F2N7O2. The quantitative estimate of drug-likeness (QED) is 0.339. The summed E-state index contributed by atoms with van der Waals surface area (Å²) in [4.78, 5) is 28.7. The van der Waals surface area contributed by atoms with E-state index in [1.165, 1.54) is 24.5 Å². The predicted octanol–water partition coefficient (Wildman–Crippen LogP) is 4.93. The van der Waals surface area contributed by atoms with Gasteiger partial charge in [0.25, 0.3) is 5.91 Å². The number of H-pyrrole nitrogens is 1. The summed E-state index contributed by atoms with van der Waals surface area (Å²) in [6.07, 6.45) is 4.78. The van der Waals surface area contributed by atoms with E-state index in [0.717, 1.165) is 11.1 Å². The first-order valence-electron chi connectivity index (χ1n) is 13.1. The number of methoxy groups -OCH3 is 1. The minimum absolute atomic E-state index is 0.154. The molecule has 1 saturated carbocycles. The van der Waals surface area contributed by atoms with Crippen molar-refractivity contribution in [2.45, 2.75) is 44.0 Å². The number of aromatic amines is 1. The minimum Gasteiger partial charge on any atom is -0.381 e. The van der Waals surface area contributed by atoms with Gasteiger partial charge in [0, 0.05) is 31.3 Å². The van der Waals surface area contributed by atoms with Crippen molar-refractivity contribution in [1.29, 1.82) is 0 Å². The van der Waals surface area contributed by atoms with Crippen molar-refractivity contribution in [3.05, 3.63) is 83.8 Å². The zero-order valence-electron chi connectivity index (χ0n) is 21.6. The van der Waals surface area contributed by atoms with Gasteiger partial charge in [-0.05, 0) is 55.2 Å². The summed E-state index contributed by atoms with van der Waals surface area (Å²) < 4.78 is 37.0. The lowest BCUT2D eigenvalue weighted by atomic mass is 9.87. The standard InChI is InChI=1S/C29H25F2N7O2/c1-40-20-10-18(37-14-16-6-7-17(30)8-22(16)29(37)39)9-19(11-20)38-26-12-24(27-33-15-34-36-27)32-13-25(26)35-28(38)21-4-2-3-5-23(21)31/h2-8,12-13,15,18-20H,9-11,14H2,1H3,(H,33,34,36)/t18-,19+,20-/m1/s1. The molecule has 40 heavy (non-hydrogen) atoms. The van der Waals surface area contributed by atoms with Gasteiger partial charge in [-0.15, -0.1) is 0 Å². The molecule has 9 nitrogen and oxygen atoms in total. The summed E-state index contributed by atoms with van der Waals surface area (Å²) in [6.45, 7) is 0.409. The first-order valence-corrected chi connectivity index (χ1v) is 13.1. The summed E-state index contributed by atoms with van der Waals surface area (Å²) in [5, 5.41) is 6.77. The van der Waals surface area contributed by atoms with Gasteiger partial charge in [0.05, 0.1) is 23.4 Å². The van der Waals surface area contributed by atoms with Crippen molar-refractivity contribution in [3.63, 3.8) is 0 Å². The van der Waals surface area contributed by atoms with Gasteiger partial charge < -0.3 is 14.2 Å². The number of hydrogen-bond donors (Lipinski definition) is 1. The second-order valence-corrected chi connectivity index (χ2v) is 10.3. The van der Waals surface area contributed by atoms with Crippen LogP contribution in [0, 0.1) is 11.6 Å². The Morgan fingerprint density at radius 3 is 2.65 bits per heavy atom. The average molecular weight is 542 g/mol. The van der Waals surface area contributed by atoms with Gasteiger partial charge in [-0.3, -0.25) is 14.9 Å². The third-order valence-corrected chi connectivity index (χ3v) is 8.01. The predicted molar refractivity (Wildman–Crippen MR) is 142 cm³/mol. The number of fused-ring (bicyclic) bond motifs is 2. The van der Waals surface area contributed by atoms with Gasteiger partial charge in [-0.25, -0.2) is 18.7 Å². The highest BCUT2D eigenvalue weighted by Crippen LogP contribution is 2.41. The van der Waals surface area contributed by atoms with Gasteiger partial charge in [-0.2, -0.15) is 5.10 Å². The number of amides is 1. The summed E-state index contributed by atoms with van der Waals surface area (Å²) in [6, 6.07) is 12.4. The number of carbonyl (C=O) groups is 1. The molecule has 202 valence electrons. The lowest BCUT2D eigenvalue weighted by molar-refractivity contribution is 0.0114. The van der Waals surface area contributed by atoms with Crippen LogP contribution in [0.5, 0.6) is 0 Å². The molecule has 2 aromatic carbocycles. The Hall–Kier alpha value is -4.51. The van der Waals surface area contributed by atoms with Crippen LogP contribution in [0.2, 0.25) is 0 Å². The van der Waals surface area contributed by atoms with Crippen LogP contribution in [0.15, 0.2) is 61.1 Å². The molecule has 1 fully saturated rings. The Labute approximate surface area is 227 Å². The summed E-state index contributed by atoms with van der Waals surface area (Å²) in [5.41, 5.74) is 3.53. The van der Waals surface area contributed by atoms with Crippen LogP contribution in [0.3, 0.4) is 0 Å². The maximum absolute atomic E-state index is 15.2. The molecular weight excluding hydrogens is 516 g/mol. The summed E-state index contributed by atoms with van der Waals surface area (Å²) in [7, 11) is 1.66. The van der Waals surface area contributed by atoms with Crippen molar-refractivity contribution >= 4 is 16.9 Å². The Balaban J connectivity index is 1.34. The Bertz CT molecular complexity index is 1740. The zero-order valence-corrected chi connectivity index (χ0v) is 21.6. The first kappa shape index (κ1) is 24.5. The largest absolute Gasteiger partial charge is 0.381 e. The molecule has 5 aromatic rings. The van der Waals surface area contributed by atoms with Gasteiger partial charge >= 0.3 is 0 Å². The molecule has 7 rings (SSSR count). The van der Waals surface area contributed by atoms with Crippen LogP contribution in [-0.2, 0) is 11.3 Å². The molecule has 11 heteroatoms. The average Bonchev–Trinajstić information content (AvgIpc) is 3.71. The molecule has 0 unspecified atom stereocenters. The maximum Gasteiger partial charge on any atom is 0.254 e. The second-order valence-electron chi connectivity index (χ2n) is 10.3. The van der Waals surface area contributed by atoms with Crippen molar-refractivity contribution < 1.29 is 18.3 Å². The highest BCUT2D eigenvalue weighted by Gasteiger charge is 2.40. The molecule has 3 atom stereocenters. The van der Waals surface area contributed by atoms with Gasteiger partial charge in [0.15, 0.2) is 5.82 Å². The number of benzene rings is 2. The fraction of sp³-hybridized carbons (Fsp3) is 0.276. The van der Waals surface area contributed by atoms with E-state index in [2.05, 4.69) is 20.2 Å². The second kappa shape index (κ2) is 9.60. The van der Waals surface area contributed by atoms with Gasteiger partial charge in [0.2, 0.25) is 0 Å². The number of imidazole rings is 1. The smallest absolute Gasteiger partial charge is 0.254 e. The molecule has 0 bridgehead atoms. The number of hydrogen-bond acceptors (Lipinski definition) is 6. The van der Waals surface area contributed by atoms with Gasteiger partial charge in [-0.1, -0.05) is 18.2 Å². The number of nitrogens with one attached hydrogen (secondary N) is 1. The summed E-state index contributed by atoms with van der Waals surface area (Å²) in [5.74, 6) is -0.0166. The fourth-order valence-electron chi connectivity index (χ4n) is 6.12. The van der Waals surface area contributed by atoms with E-state index in [0.29, 0.717) is 59.8 Å². The molecule has 1 amide bonds. The molecule has 4 heterocycles. The lowest BCUT2D eigenvalue weighted by Gasteiger charge is -2.40. The Kier molecular flexibility index (Phi) is 5.88. The molecule has 0 spiro atoms. The Morgan fingerprint density at radius 2 is 1.85 bits per heavy atom. The molecule has 2 aliphatic rings. The zero-order chi connectivity index (χ0) is 27.4. The topological polar surface area (TPSA) is 102 Å². The number of carbonyl (C=O) groups excluding carboxylic acids is 1. The van der Waals surface area contributed by atoms with Crippen LogP contribution in [-0.4, -0.2) is 59.8 Å². The lowest BCUT2D eigenvalue weighted by Crippen LogP contribution is -2.44. The van der Waals surface area contributed by atoms with Crippen molar-refractivity contribution in [2.24, 2.45) is 0 Å². The van der Waals surface area contributed by atoms with E-state index in [1.54, 1.807) is 37.6 Å². The van der Waals surface area contributed by atoms with Crippen LogP contribution in [0.1, 0.15) is 41.2 Å². The van der Waals surface area contributed by atoms with E-state index >= 15 is 4.39 Å². The van der Waals surface area contributed by atoms with Crippen LogP contribution >= 0.6 is 0 Å². The van der Waals surface area contributed by atoms with Gasteiger partial charge in [0.1, 0.15) is 35.0 Å². The normalized spacial score (nSPS) is 20.8. The minimum atomic E-state index is -0.430. The number of ether oxygens (including phenoxy) is 1. The fourth-order valence-corrected chi connectivity index (χ4v) is 6.12. The van der Waals surface area contributed by atoms with E-state index in [9.17, 15) is 9.18 Å². The van der Waals surface area contributed by atoms with Crippen LogP contribution in [0.4, 0.5) is 8.78 Å². The molecule has 1 aliphatic heterocycles. The molecule has 0 radical (unpaired) electrons. The first-order chi connectivity index (χ1) is 19.5. The number of halogens is 2. The highest BCUT2D eigenvalue weighted by atomic mass is 19.1. The van der Waals surface area contributed by atoms with E-state index in [-0.39, 0.29) is 29.9 Å². The Morgan fingerprint density at radius 1 is 1.00 bits per heavy atom. The number of pyridine rings is 1. The number of aromatic nitrogens is 6.